The molecule has 2 heterocycles. The van der Waals surface area contributed by atoms with Gasteiger partial charge in [0.2, 0.25) is 0 Å². The number of aromatic nitrogens is 3. The number of hydrogen-bond donors (Lipinski definition) is 1. The monoisotopic (exact) mass is 306 g/mol. The predicted octanol–water partition coefficient (Wildman–Crippen LogP) is 1.47. The smallest absolute Gasteiger partial charge is 0.163 e. The molecule has 1 aromatic heterocycles. The Morgan fingerprint density at radius 2 is 1.86 bits per heavy atom. The van der Waals surface area contributed by atoms with Crippen molar-refractivity contribution >= 4 is 15.5 Å². The van der Waals surface area contributed by atoms with E-state index in [1.165, 1.54) is 0 Å². The number of nitrogens with one attached hydrogen (secondary N) is 1. The van der Waals surface area contributed by atoms with Gasteiger partial charge < -0.3 is 9.88 Å². The van der Waals surface area contributed by atoms with Crippen LogP contribution in [0.15, 0.2) is 30.6 Å². The Kier molecular flexibility index (Phi) is 3.67. The Morgan fingerprint density at radius 3 is 2.43 bits per heavy atom. The minimum atomic E-state index is -2.81. The summed E-state index contributed by atoms with van der Waals surface area (Å²) in [5, 5.41) is 11.3. The summed E-state index contributed by atoms with van der Waals surface area (Å²) in [4.78, 5) is 0. The fourth-order valence-electron chi connectivity index (χ4n) is 2.53. The molecule has 2 aromatic rings. The molecule has 0 unspecified atom stereocenters. The topological polar surface area (TPSA) is 76.9 Å². The summed E-state index contributed by atoms with van der Waals surface area (Å²) >= 11 is 0. The molecule has 0 bridgehead atoms. The molecule has 1 aromatic carbocycles. The molecule has 1 N–H and O–H groups in total. The largest absolute Gasteiger partial charge is 0.382 e. The highest BCUT2D eigenvalue weighted by molar-refractivity contribution is 7.91. The van der Waals surface area contributed by atoms with E-state index < -0.39 is 9.84 Å². The van der Waals surface area contributed by atoms with Crippen molar-refractivity contribution in [1.29, 1.82) is 0 Å². The van der Waals surface area contributed by atoms with Crippen LogP contribution in [-0.4, -0.2) is 40.7 Å². The summed E-state index contributed by atoms with van der Waals surface area (Å²) in [5.74, 6) is 1.38. The van der Waals surface area contributed by atoms with Gasteiger partial charge in [-0.3, -0.25) is 0 Å². The SMILES string of the molecule is Cn1cnnc1-c1ccc(NC2CCS(=O)(=O)CC2)cc1. The van der Waals surface area contributed by atoms with E-state index in [0.29, 0.717) is 12.8 Å². The van der Waals surface area contributed by atoms with Crippen LogP contribution in [0.5, 0.6) is 0 Å². The first-order valence-corrected chi connectivity index (χ1v) is 8.77. The van der Waals surface area contributed by atoms with Crippen LogP contribution >= 0.6 is 0 Å². The summed E-state index contributed by atoms with van der Waals surface area (Å²) in [7, 11) is -0.900. The molecular weight excluding hydrogens is 288 g/mol. The Hall–Kier alpha value is -1.89. The Bertz CT molecular complexity index is 708. The maximum absolute atomic E-state index is 11.4. The van der Waals surface area contributed by atoms with E-state index in [4.69, 9.17) is 0 Å². The number of benzene rings is 1. The number of nitrogens with zero attached hydrogens (tertiary/aromatic N) is 3. The number of rotatable bonds is 3. The van der Waals surface area contributed by atoms with Gasteiger partial charge in [-0.25, -0.2) is 8.42 Å². The summed E-state index contributed by atoms with van der Waals surface area (Å²) < 4.78 is 24.7. The molecule has 21 heavy (non-hydrogen) atoms. The first kappa shape index (κ1) is 14.1. The lowest BCUT2D eigenvalue weighted by Crippen LogP contribution is -2.32. The highest BCUT2D eigenvalue weighted by Gasteiger charge is 2.23. The quantitative estimate of drug-likeness (QED) is 0.929. The van der Waals surface area contributed by atoms with Gasteiger partial charge in [-0.1, -0.05) is 0 Å². The molecule has 0 spiro atoms. The van der Waals surface area contributed by atoms with E-state index >= 15 is 0 Å². The third-order valence-corrected chi connectivity index (χ3v) is 5.50. The molecule has 112 valence electrons. The van der Waals surface area contributed by atoms with Gasteiger partial charge in [0.1, 0.15) is 16.2 Å². The Balaban J connectivity index is 1.67. The van der Waals surface area contributed by atoms with Crippen LogP contribution in [-0.2, 0) is 16.9 Å². The van der Waals surface area contributed by atoms with Crippen molar-refractivity contribution in [3.8, 4) is 11.4 Å². The standard InChI is InChI=1S/C14H18N4O2S/c1-18-10-15-17-14(18)11-2-4-12(5-3-11)16-13-6-8-21(19,20)9-7-13/h2-5,10,13,16H,6-9H2,1H3. The van der Waals surface area contributed by atoms with Gasteiger partial charge in [-0.05, 0) is 37.1 Å². The van der Waals surface area contributed by atoms with E-state index in [9.17, 15) is 8.42 Å². The first-order chi connectivity index (χ1) is 10.0. The second kappa shape index (κ2) is 5.48. The van der Waals surface area contributed by atoms with E-state index in [0.717, 1.165) is 17.1 Å². The lowest BCUT2D eigenvalue weighted by Gasteiger charge is -2.24. The lowest BCUT2D eigenvalue weighted by atomic mass is 10.1. The van der Waals surface area contributed by atoms with Gasteiger partial charge in [0.15, 0.2) is 5.82 Å². The fourth-order valence-corrected chi connectivity index (χ4v) is 4.02. The van der Waals surface area contributed by atoms with Crippen molar-refractivity contribution in [2.75, 3.05) is 16.8 Å². The van der Waals surface area contributed by atoms with Crippen LogP contribution < -0.4 is 5.32 Å². The molecule has 1 saturated heterocycles. The van der Waals surface area contributed by atoms with Crippen LogP contribution in [0.3, 0.4) is 0 Å². The zero-order valence-corrected chi connectivity index (χ0v) is 12.7. The zero-order valence-electron chi connectivity index (χ0n) is 11.9. The van der Waals surface area contributed by atoms with Crippen LogP contribution in [0.1, 0.15) is 12.8 Å². The van der Waals surface area contributed by atoms with Crippen LogP contribution in [0.4, 0.5) is 5.69 Å². The molecule has 0 saturated carbocycles. The third-order valence-electron chi connectivity index (χ3n) is 3.78. The van der Waals surface area contributed by atoms with E-state index in [1.54, 1.807) is 6.33 Å². The molecule has 0 radical (unpaired) electrons. The van der Waals surface area contributed by atoms with Crippen molar-refractivity contribution in [3.05, 3.63) is 30.6 Å². The van der Waals surface area contributed by atoms with E-state index in [1.807, 2.05) is 35.9 Å². The summed E-state index contributed by atoms with van der Waals surface area (Å²) in [6.45, 7) is 0. The molecule has 6 nitrogen and oxygen atoms in total. The van der Waals surface area contributed by atoms with Gasteiger partial charge in [0.25, 0.3) is 0 Å². The summed E-state index contributed by atoms with van der Waals surface area (Å²) in [6, 6.07) is 8.20. The van der Waals surface area contributed by atoms with Crippen molar-refractivity contribution in [2.45, 2.75) is 18.9 Å². The molecule has 0 amide bonds. The van der Waals surface area contributed by atoms with Crippen LogP contribution in [0.25, 0.3) is 11.4 Å². The average molecular weight is 306 g/mol. The van der Waals surface area contributed by atoms with E-state index in [2.05, 4.69) is 15.5 Å². The number of hydrogen-bond acceptors (Lipinski definition) is 5. The molecule has 0 aliphatic carbocycles. The Labute approximate surface area is 124 Å². The molecule has 7 heteroatoms. The maximum atomic E-state index is 11.4. The predicted molar refractivity (Wildman–Crippen MR) is 81.7 cm³/mol. The van der Waals surface area contributed by atoms with Gasteiger partial charge in [0.05, 0.1) is 11.5 Å². The second-order valence-corrected chi connectivity index (χ2v) is 7.72. The first-order valence-electron chi connectivity index (χ1n) is 6.95. The molecule has 3 rings (SSSR count). The fraction of sp³-hybridized carbons (Fsp3) is 0.429. The molecule has 1 fully saturated rings. The number of aryl methyl sites for hydroxylation is 1. The van der Waals surface area contributed by atoms with Crippen molar-refractivity contribution in [2.24, 2.45) is 7.05 Å². The summed E-state index contributed by atoms with van der Waals surface area (Å²) in [6.07, 6.45) is 3.02. The summed E-state index contributed by atoms with van der Waals surface area (Å²) in [5.41, 5.74) is 2.01. The normalized spacial score (nSPS) is 18.5. The minimum absolute atomic E-state index is 0.231. The lowest BCUT2D eigenvalue weighted by molar-refractivity contribution is 0.559. The van der Waals surface area contributed by atoms with Crippen molar-refractivity contribution in [3.63, 3.8) is 0 Å². The highest BCUT2D eigenvalue weighted by atomic mass is 32.2. The molecular formula is C14H18N4O2S. The maximum Gasteiger partial charge on any atom is 0.163 e. The molecule has 1 aliphatic heterocycles. The van der Waals surface area contributed by atoms with Gasteiger partial charge >= 0.3 is 0 Å². The van der Waals surface area contributed by atoms with Gasteiger partial charge in [0, 0.05) is 24.3 Å². The van der Waals surface area contributed by atoms with Crippen molar-refractivity contribution in [1.82, 2.24) is 14.8 Å². The minimum Gasteiger partial charge on any atom is -0.382 e. The second-order valence-electron chi connectivity index (χ2n) is 5.41. The number of anilines is 1. The molecule has 0 atom stereocenters. The third kappa shape index (κ3) is 3.24. The van der Waals surface area contributed by atoms with Crippen LogP contribution in [0, 0.1) is 0 Å². The zero-order chi connectivity index (χ0) is 14.9. The highest BCUT2D eigenvalue weighted by Crippen LogP contribution is 2.21. The molecule has 1 aliphatic rings. The number of sulfone groups is 1. The van der Waals surface area contributed by atoms with Gasteiger partial charge in [-0.15, -0.1) is 10.2 Å². The van der Waals surface area contributed by atoms with Crippen LogP contribution in [0.2, 0.25) is 0 Å². The average Bonchev–Trinajstić information content (AvgIpc) is 2.88. The van der Waals surface area contributed by atoms with E-state index in [-0.39, 0.29) is 17.5 Å². The van der Waals surface area contributed by atoms with Crippen molar-refractivity contribution < 1.29 is 8.42 Å². The van der Waals surface area contributed by atoms with Gasteiger partial charge in [-0.2, -0.15) is 0 Å². The Morgan fingerprint density at radius 1 is 1.19 bits per heavy atom.